The normalized spacial score (nSPS) is 20.8. The van der Waals surface area contributed by atoms with E-state index in [0.29, 0.717) is 5.92 Å². The van der Waals surface area contributed by atoms with E-state index in [1.54, 1.807) is 0 Å². The molecule has 18 heavy (non-hydrogen) atoms. The smallest absolute Gasteiger partial charge is 0.128 e. The van der Waals surface area contributed by atoms with Gasteiger partial charge in [0.25, 0.3) is 0 Å². The molecule has 1 aliphatic carbocycles. The van der Waals surface area contributed by atoms with Crippen molar-refractivity contribution in [2.75, 3.05) is 6.61 Å². The van der Waals surface area contributed by atoms with Gasteiger partial charge in [-0.15, -0.1) is 0 Å². The summed E-state index contributed by atoms with van der Waals surface area (Å²) in [6.45, 7) is 0.745. The number of aliphatic hydroxyl groups is 1. The maximum Gasteiger partial charge on any atom is 0.128 e. The molecule has 3 rings (SSSR count). The lowest BCUT2D eigenvalue weighted by Gasteiger charge is -2.18. The van der Waals surface area contributed by atoms with Gasteiger partial charge in [0.15, 0.2) is 0 Å². The van der Waals surface area contributed by atoms with Crippen molar-refractivity contribution in [2.24, 2.45) is 5.92 Å². The molecule has 1 fully saturated rings. The summed E-state index contributed by atoms with van der Waals surface area (Å²) in [4.78, 5) is 0. The molecule has 3 heteroatoms. The van der Waals surface area contributed by atoms with Gasteiger partial charge in [-0.25, -0.2) is 0 Å². The molecular formula is C15H19BrO2. The molecule has 1 aromatic carbocycles. The maximum absolute atomic E-state index is 10.5. The van der Waals surface area contributed by atoms with Crippen molar-refractivity contribution in [1.82, 2.24) is 0 Å². The van der Waals surface area contributed by atoms with E-state index in [-0.39, 0.29) is 6.10 Å². The predicted molar refractivity (Wildman–Crippen MR) is 74.9 cm³/mol. The zero-order valence-corrected chi connectivity index (χ0v) is 12.1. The fraction of sp³-hybridized carbons (Fsp3) is 0.600. The van der Waals surface area contributed by atoms with Gasteiger partial charge in [-0.05, 0) is 30.0 Å². The third kappa shape index (κ3) is 2.43. The number of halogens is 1. The monoisotopic (exact) mass is 310 g/mol. The minimum atomic E-state index is -0.377. The second-order valence-electron chi connectivity index (χ2n) is 5.48. The molecule has 0 spiro atoms. The van der Waals surface area contributed by atoms with Gasteiger partial charge < -0.3 is 9.84 Å². The van der Waals surface area contributed by atoms with Crippen molar-refractivity contribution in [2.45, 2.75) is 44.6 Å². The Morgan fingerprint density at radius 3 is 2.89 bits per heavy atom. The van der Waals surface area contributed by atoms with Crippen LogP contribution in [0.1, 0.15) is 49.3 Å². The molecular weight excluding hydrogens is 292 g/mol. The van der Waals surface area contributed by atoms with Crippen LogP contribution in [0.2, 0.25) is 0 Å². The first-order valence-electron chi connectivity index (χ1n) is 6.87. The van der Waals surface area contributed by atoms with Crippen molar-refractivity contribution < 1.29 is 9.84 Å². The fourth-order valence-electron chi connectivity index (χ4n) is 3.23. The summed E-state index contributed by atoms with van der Waals surface area (Å²) in [5.41, 5.74) is 2.20. The Kier molecular flexibility index (Phi) is 3.62. The van der Waals surface area contributed by atoms with Crippen LogP contribution in [-0.2, 0) is 6.42 Å². The third-order valence-electron chi connectivity index (χ3n) is 4.17. The minimum Gasteiger partial charge on any atom is -0.493 e. The van der Waals surface area contributed by atoms with E-state index in [9.17, 15) is 5.11 Å². The van der Waals surface area contributed by atoms with Crippen LogP contribution in [0.25, 0.3) is 0 Å². The molecule has 0 amide bonds. The van der Waals surface area contributed by atoms with Crippen LogP contribution >= 0.6 is 15.9 Å². The summed E-state index contributed by atoms with van der Waals surface area (Å²) in [7, 11) is 0. The first-order valence-corrected chi connectivity index (χ1v) is 7.66. The van der Waals surface area contributed by atoms with E-state index in [2.05, 4.69) is 22.0 Å². The molecule has 2 nitrogen and oxygen atoms in total. The van der Waals surface area contributed by atoms with Crippen LogP contribution in [0.3, 0.4) is 0 Å². The molecule has 1 aliphatic heterocycles. The van der Waals surface area contributed by atoms with E-state index in [0.717, 1.165) is 35.2 Å². The highest BCUT2D eigenvalue weighted by Crippen LogP contribution is 2.40. The summed E-state index contributed by atoms with van der Waals surface area (Å²) >= 11 is 3.53. The summed E-state index contributed by atoms with van der Waals surface area (Å²) in [5, 5.41) is 10.5. The summed E-state index contributed by atoms with van der Waals surface area (Å²) in [5.74, 6) is 1.62. The summed E-state index contributed by atoms with van der Waals surface area (Å²) in [6.07, 6.45) is 6.65. The largest absolute Gasteiger partial charge is 0.493 e. The molecule has 1 heterocycles. The highest BCUT2D eigenvalue weighted by molar-refractivity contribution is 9.10. The van der Waals surface area contributed by atoms with Gasteiger partial charge in [0.05, 0.1) is 12.7 Å². The highest BCUT2D eigenvalue weighted by atomic mass is 79.9. The van der Waals surface area contributed by atoms with Crippen molar-refractivity contribution in [3.05, 3.63) is 27.7 Å². The highest BCUT2D eigenvalue weighted by Gasteiger charge is 2.25. The molecule has 1 aromatic rings. The van der Waals surface area contributed by atoms with Gasteiger partial charge in [-0.1, -0.05) is 41.6 Å². The van der Waals surface area contributed by atoms with Crippen LogP contribution in [0.5, 0.6) is 5.75 Å². The van der Waals surface area contributed by atoms with Crippen LogP contribution in [-0.4, -0.2) is 11.7 Å². The number of benzene rings is 1. The second kappa shape index (κ2) is 5.22. The Morgan fingerprint density at radius 2 is 2.11 bits per heavy atom. The lowest BCUT2D eigenvalue weighted by atomic mass is 9.94. The van der Waals surface area contributed by atoms with Gasteiger partial charge >= 0.3 is 0 Å². The molecule has 0 bridgehead atoms. The maximum atomic E-state index is 10.5. The third-order valence-corrected chi connectivity index (χ3v) is 4.63. The quantitative estimate of drug-likeness (QED) is 0.914. The number of ether oxygens (including phenoxy) is 1. The molecule has 98 valence electrons. The van der Waals surface area contributed by atoms with Crippen molar-refractivity contribution in [1.29, 1.82) is 0 Å². The molecule has 0 radical (unpaired) electrons. The zero-order chi connectivity index (χ0) is 12.5. The van der Waals surface area contributed by atoms with E-state index >= 15 is 0 Å². The lowest BCUT2D eigenvalue weighted by Crippen LogP contribution is -2.06. The number of fused-ring (bicyclic) bond motifs is 1. The molecule has 0 aromatic heterocycles. The SMILES string of the molecule is OC(CC1CCCC1)c1cc(Br)cc2c1OCC2. The van der Waals surface area contributed by atoms with Crippen molar-refractivity contribution in [3.63, 3.8) is 0 Å². The Morgan fingerprint density at radius 1 is 1.33 bits per heavy atom. The Labute approximate surface area is 116 Å². The lowest BCUT2D eigenvalue weighted by molar-refractivity contribution is 0.141. The van der Waals surface area contributed by atoms with Crippen LogP contribution < -0.4 is 4.74 Å². The number of hydrogen-bond acceptors (Lipinski definition) is 2. The Balaban J connectivity index is 1.82. The van der Waals surface area contributed by atoms with Crippen LogP contribution in [0.15, 0.2) is 16.6 Å². The topological polar surface area (TPSA) is 29.5 Å². The van der Waals surface area contributed by atoms with Crippen LogP contribution in [0, 0.1) is 5.92 Å². The minimum absolute atomic E-state index is 0.377. The fourth-order valence-corrected chi connectivity index (χ4v) is 3.76. The van der Waals surface area contributed by atoms with Gasteiger partial charge in [0, 0.05) is 16.5 Å². The summed E-state index contributed by atoms with van der Waals surface area (Å²) in [6, 6.07) is 4.12. The van der Waals surface area contributed by atoms with E-state index in [1.165, 1.54) is 31.2 Å². The van der Waals surface area contributed by atoms with E-state index in [1.807, 2.05) is 6.07 Å². The Bertz CT molecular complexity index is 438. The van der Waals surface area contributed by atoms with Crippen molar-refractivity contribution in [3.8, 4) is 5.75 Å². The van der Waals surface area contributed by atoms with Gasteiger partial charge in [-0.2, -0.15) is 0 Å². The molecule has 2 aliphatic rings. The standard InChI is InChI=1S/C15H19BrO2/c16-12-8-11-5-6-18-15(11)13(9-12)14(17)7-10-3-1-2-4-10/h8-10,14,17H,1-7H2. The first kappa shape index (κ1) is 12.5. The van der Waals surface area contributed by atoms with Gasteiger partial charge in [0.2, 0.25) is 0 Å². The molecule has 1 unspecified atom stereocenters. The average Bonchev–Trinajstić information content (AvgIpc) is 2.97. The van der Waals surface area contributed by atoms with Gasteiger partial charge in [0.1, 0.15) is 5.75 Å². The molecule has 0 saturated heterocycles. The predicted octanol–water partition coefficient (Wildman–Crippen LogP) is 4.00. The number of aliphatic hydroxyl groups excluding tert-OH is 1. The molecule has 1 saturated carbocycles. The Hall–Kier alpha value is -0.540. The van der Waals surface area contributed by atoms with Gasteiger partial charge in [-0.3, -0.25) is 0 Å². The molecule has 1 atom stereocenters. The zero-order valence-electron chi connectivity index (χ0n) is 10.5. The first-order chi connectivity index (χ1) is 8.74. The van der Waals surface area contributed by atoms with E-state index < -0.39 is 0 Å². The van der Waals surface area contributed by atoms with Crippen molar-refractivity contribution >= 4 is 15.9 Å². The molecule has 1 N–H and O–H groups in total. The van der Waals surface area contributed by atoms with Crippen LogP contribution in [0.4, 0.5) is 0 Å². The summed E-state index contributed by atoms with van der Waals surface area (Å²) < 4.78 is 6.74. The number of hydrogen-bond donors (Lipinski definition) is 1. The average molecular weight is 311 g/mol. The second-order valence-corrected chi connectivity index (χ2v) is 6.40. The number of rotatable bonds is 3. The van der Waals surface area contributed by atoms with E-state index in [4.69, 9.17) is 4.74 Å².